The van der Waals surface area contributed by atoms with Crippen molar-refractivity contribution in [2.45, 2.75) is 45.2 Å². The predicted octanol–water partition coefficient (Wildman–Crippen LogP) is 1.01. The van der Waals surface area contributed by atoms with Gasteiger partial charge in [-0.05, 0) is 32.7 Å². The summed E-state index contributed by atoms with van der Waals surface area (Å²) in [4.78, 5) is 14.2. The van der Waals surface area contributed by atoms with Crippen LogP contribution in [0.4, 0.5) is 0 Å². The highest BCUT2D eigenvalue weighted by Crippen LogP contribution is 2.12. The van der Waals surface area contributed by atoms with Gasteiger partial charge in [0, 0.05) is 19.7 Å². The molecule has 1 fully saturated rings. The first-order chi connectivity index (χ1) is 7.70. The van der Waals surface area contributed by atoms with Crippen LogP contribution in [0.15, 0.2) is 0 Å². The minimum Gasteiger partial charge on any atom is -0.383 e. The number of nitrogens with one attached hydrogen (secondary N) is 1. The van der Waals surface area contributed by atoms with Crippen LogP contribution in [-0.4, -0.2) is 49.7 Å². The monoisotopic (exact) mass is 228 g/mol. The topological polar surface area (TPSA) is 41.6 Å². The van der Waals surface area contributed by atoms with Gasteiger partial charge in [0.2, 0.25) is 5.91 Å². The summed E-state index contributed by atoms with van der Waals surface area (Å²) in [6.45, 7) is 6.49. The minimum absolute atomic E-state index is 0.0332. The van der Waals surface area contributed by atoms with Crippen molar-refractivity contribution in [3.63, 3.8) is 0 Å². The number of hydrogen-bond acceptors (Lipinski definition) is 3. The van der Waals surface area contributed by atoms with E-state index in [9.17, 15) is 4.79 Å². The van der Waals surface area contributed by atoms with E-state index in [1.54, 1.807) is 7.11 Å². The van der Waals surface area contributed by atoms with Crippen molar-refractivity contribution in [3.8, 4) is 0 Å². The number of carbonyl (C=O) groups is 1. The van der Waals surface area contributed by atoms with Gasteiger partial charge in [0.05, 0.1) is 12.6 Å². The Bertz CT molecular complexity index is 215. The average molecular weight is 228 g/mol. The molecule has 0 radical (unpaired) electrons. The molecule has 0 spiro atoms. The molecule has 1 heterocycles. The molecule has 0 aromatic carbocycles. The predicted molar refractivity (Wildman–Crippen MR) is 64.4 cm³/mol. The van der Waals surface area contributed by atoms with Crippen LogP contribution in [0.5, 0.6) is 0 Å². The lowest BCUT2D eigenvalue weighted by Crippen LogP contribution is -2.48. The molecule has 4 heteroatoms. The maximum atomic E-state index is 12.3. The van der Waals surface area contributed by atoms with Gasteiger partial charge < -0.3 is 15.0 Å². The Morgan fingerprint density at radius 2 is 2.38 bits per heavy atom. The van der Waals surface area contributed by atoms with Crippen molar-refractivity contribution < 1.29 is 9.53 Å². The standard InChI is InChI=1S/C12H24N2O2/c1-4-10(2)14(8-9-16-3)12(15)11-6-5-7-13-11/h10-11,13H,4-9H2,1-3H3/t10?,11-/m1/s1. The van der Waals surface area contributed by atoms with Crippen molar-refractivity contribution in [3.05, 3.63) is 0 Å². The molecule has 16 heavy (non-hydrogen) atoms. The average Bonchev–Trinajstić information content (AvgIpc) is 2.82. The summed E-state index contributed by atoms with van der Waals surface area (Å²) >= 11 is 0. The van der Waals surface area contributed by atoms with Crippen LogP contribution in [0.25, 0.3) is 0 Å². The van der Waals surface area contributed by atoms with Gasteiger partial charge in [-0.3, -0.25) is 4.79 Å². The van der Waals surface area contributed by atoms with Crippen LogP contribution in [0.3, 0.4) is 0 Å². The fourth-order valence-electron chi connectivity index (χ4n) is 2.05. The third-order valence-electron chi connectivity index (χ3n) is 3.30. The van der Waals surface area contributed by atoms with Crippen LogP contribution in [-0.2, 0) is 9.53 Å². The summed E-state index contributed by atoms with van der Waals surface area (Å²) in [5.41, 5.74) is 0. The van der Waals surface area contributed by atoms with Gasteiger partial charge in [-0.2, -0.15) is 0 Å². The fraction of sp³-hybridized carbons (Fsp3) is 0.917. The van der Waals surface area contributed by atoms with E-state index in [2.05, 4.69) is 19.2 Å². The smallest absolute Gasteiger partial charge is 0.240 e. The van der Waals surface area contributed by atoms with Crippen LogP contribution in [0.1, 0.15) is 33.1 Å². The molecule has 0 saturated carbocycles. The lowest BCUT2D eigenvalue weighted by Gasteiger charge is -2.30. The highest BCUT2D eigenvalue weighted by Gasteiger charge is 2.28. The van der Waals surface area contributed by atoms with E-state index in [0.717, 1.165) is 25.8 Å². The highest BCUT2D eigenvalue weighted by molar-refractivity contribution is 5.82. The van der Waals surface area contributed by atoms with Gasteiger partial charge >= 0.3 is 0 Å². The Balaban J connectivity index is 2.55. The molecule has 1 aliphatic rings. The van der Waals surface area contributed by atoms with Crippen molar-refractivity contribution in [1.29, 1.82) is 0 Å². The number of rotatable bonds is 6. The van der Waals surface area contributed by atoms with E-state index in [4.69, 9.17) is 4.74 Å². The normalized spacial score (nSPS) is 22.1. The Morgan fingerprint density at radius 3 is 2.88 bits per heavy atom. The SMILES string of the molecule is CCC(C)N(CCOC)C(=O)[C@H]1CCCN1. The molecular weight excluding hydrogens is 204 g/mol. The van der Waals surface area contributed by atoms with Crippen LogP contribution < -0.4 is 5.32 Å². The minimum atomic E-state index is 0.0332. The molecule has 2 atom stereocenters. The van der Waals surface area contributed by atoms with Gasteiger partial charge in [0.1, 0.15) is 0 Å². The van der Waals surface area contributed by atoms with Gasteiger partial charge in [-0.15, -0.1) is 0 Å². The molecule has 1 saturated heterocycles. The fourth-order valence-corrected chi connectivity index (χ4v) is 2.05. The number of nitrogens with zero attached hydrogens (tertiary/aromatic N) is 1. The van der Waals surface area contributed by atoms with Crippen LogP contribution in [0.2, 0.25) is 0 Å². The van der Waals surface area contributed by atoms with Crippen molar-refractivity contribution in [2.24, 2.45) is 0 Å². The summed E-state index contributed by atoms with van der Waals surface area (Å²) in [7, 11) is 1.67. The zero-order chi connectivity index (χ0) is 12.0. The molecule has 0 aromatic heterocycles. The molecule has 1 rings (SSSR count). The third-order valence-corrected chi connectivity index (χ3v) is 3.30. The first-order valence-electron chi connectivity index (χ1n) is 6.23. The molecule has 1 N–H and O–H groups in total. The second-order valence-electron chi connectivity index (χ2n) is 4.43. The van der Waals surface area contributed by atoms with Crippen LogP contribution in [0, 0.1) is 0 Å². The molecule has 1 unspecified atom stereocenters. The van der Waals surface area contributed by atoms with Gasteiger partial charge in [-0.1, -0.05) is 6.92 Å². The van der Waals surface area contributed by atoms with Gasteiger partial charge in [-0.25, -0.2) is 0 Å². The summed E-state index contributed by atoms with van der Waals surface area (Å²) in [6, 6.07) is 0.330. The lowest BCUT2D eigenvalue weighted by atomic mass is 10.1. The molecule has 0 bridgehead atoms. The highest BCUT2D eigenvalue weighted by atomic mass is 16.5. The Labute approximate surface area is 98.3 Å². The zero-order valence-corrected chi connectivity index (χ0v) is 10.7. The van der Waals surface area contributed by atoms with E-state index >= 15 is 0 Å². The summed E-state index contributed by atoms with van der Waals surface area (Å²) in [6.07, 6.45) is 3.07. The Kier molecular flexibility index (Phi) is 5.77. The summed E-state index contributed by atoms with van der Waals surface area (Å²) in [5.74, 6) is 0.240. The number of methoxy groups -OCH3 is 1. The summed E-state index contributed by atoms with van der Waals surface area (Å²) < 4.78 is 5.07. The van der Waals surface area contributed by atoms with Gasteiger partial charge in [0.15, 0.2) is 0 Å². The molecule has 0 aliphatic carbocycles. The second-order valence-corrected chi connectivity index (χ2v) is 4.43. The number of ether oxygens (including phenoxy) is 1. The van der Waals surface area contributed by atoms with Crippen molar-refractivity contribution in [1.82, 2.24) is 10.2 Å². The number of amides is 1. The molecule has 1 amide bonds. The maximum absolute atomic E-state index is 12.3. The van der Waals surface area contributed by atoms with E-state index in [0.29, 0.717) is 19.2 Å². The second kappa shape index (κ2) is 6.86. The molecule has 4 nitrogen and oxygen atoms in total. The zero-order valence-electron chi connectivity index (χ0n) is 10.7. The Hall–Kier alpha value is -0.610. The maximum Gasteiger partial charge on any atom is 0.240 e. The number of carbonyl (C=O) groups excluding carboxylic acids is 1. The third kappa shape index (κ3) is 3.46. The van der Waals surface area contributed by atoms with E-state index in [1.165, 1.54) is 0 Å². The first-order valence-corrected chi connectivity index (χ1v) is 6.23. The van der Waals surface area contributed by atoms with Gasteiger partial charge in [0.25, 0.3) is 0 Å². The van der Waals surface area contributed by atoms with Crippen LogP contribution >= 0.6 is 0 Å². The molecule has 1 aliphatic heterocycles. The molecular formula is C12H24N2O2. The number of hydrogen-bond donors (Lipinski definition) is 1. The summed E-state index contributed by atoms with van der Waals surface area (Å²) in [5, 5.41) is 3.26. The molecule has 0 aromatic rings. The molecule has 94 valence electrons. The van der Waals surface area contributed by atoms with E-state index < -0.39 is 0 Å². The Morgan fingerprint density at radius 1 is 1.62 bits per heavy atom. The van der Waals surface area contributed by atoms with E-state index in [1.807, 2.05) is 4.90 Å². The van der Waals surface area contributed by atoms with Crippen molar-refractivity contribution in [2.75, 3.05) is 26.8 Å². The quantitative estimate of drug-likeness (QED) is 0.738. The van der Waals surface area contributed by atoms with Crippen molar-refractivity contribution >= 4 is 5.91 Å². The largest absolute Gasteiger partial charge is 0.383 e. The van der Waals surface area contributed by atoms with E-state index in [-0.39, 0.29) is 11.9 Å². The lowest BCUT2D eigenvalue weighted by molar-refractivity contribution is -0.135. The first kappa shape index (κ1) is 13.5.